The van der Waals surface area contributed by atoms with E-state index in [1.807, 2.05) is 87.3 Å². The number of nitrogens with zero attached hydrogens (tertiary/aromatic N) is 3. The van der Waals surface area contributed by atoms with Crippen molar-refractivity contribution in [1.82, 2.24) is 19.8 Å². The zero-order chi connectivity index (χ0) is 29.2. The molecule has 0 saturated carbocycles. The van der Waals surface area contributed by atoms with Gasteiger partial charge in [0.25, 0.3) is 5.91 Å². The highest BCUT2D eigenvalue weighted by Gasteiger charge is 2.21. The molecule has 5 rings (SSSR count). The van der Waals surface area contributed by atoms with Crippen LogP contribution in [0.2, 0.25) is 0 Å². The molecule has 0 saturated heterocycles. The lowest BCUT2D eigenvalue weighted by Crippen LogP contribution is -2.30. The standard InChI is InChI=1S/C23H27N3O2.C11H15NO/c1-16(2)28-22-12-19-14-26(10-9-18(19)11-21(22)27-3)15-20-13-24-23(25-20)17-7-5-4-6-8-17;1-3-12(4-2)11(13)10-8-6-5-7-9-10/h4-8,11-13,16H,9-10,14-15H2,1-3H3,(H,24,25);5-9H,3-4H2,1-2H3. The van der Waals surface area contributed by atoms with Gasteiger partial charge < -0.3 is 19.4 Å². The molecule has 41 heavy (non-hydrogen) atoms. The van der Waals surface area contributed by atoms with Crippen LogP contribution in [0.25, 0.3) is 11.4 Å². The highest BCUT2D eigenvalue weighted by molar-refractivity contribution is 5.94. The van der Waals surface area contributed by atoms with Gasteiger partial charge in [-0.25, -0.2) is 4.98 Å². The summed E-state index contributed by atoms with van der Waals surface area (Å²) in [5.74, 6) is 2.68. The summed E-state index contributed by atoms with van der Waals surface area (Å²) in [5, 5.41) is 0. The minimum atomic E-state index is 0.116. The number of hydrogen-bond acceptors (Lipinski definition) is 5. The summed E-state index contributed by atoms with van der Waals surface area (Å²) in [5.41, 5.74) is 5.67. The van der Waals surface area contributed by atoms with E-state index < -0.39 is 0 Å². The van der Waals surface area contributed by atoms with Gasteiger partial charge >= 0.3 is 0 Å². The molecular weight excluding hydrogens is 512 g/mol. The van der Waals surface area contributed by atoms with Crippen LogP contribution in [0.3, 0.4) is 0 Å². The van der Waals surface area contributed by atoms with E-state index in [4.69, 9.17) is 9.47 Å². The van der Waals surface area contributed by atoms with Gasteiger partial charge in [-0.15, -0.1) is 0 Å². The van der Waals surface area contributed by atoms with Crippen molar-refractivity contribution in [3.05, 3.63) is 101 Å². The first-order valence-electron chi connectivity index (χ1n) is 14.4. The Bertz CT molecular complexity index is 1380. The Morgan fingerprint density at radius 3 is 2.27 bits per heavy atom. The lowest BCUT2D eigenvalue weighted by Gasteiger charge is -2.29. The Kier molecular flexibility index (Phi) is 10.6. The molecule has 216 valence electrons. The molecule has 2 heterocycles. The molecule has 0 radical (unpaired) electrons. The number of carbonyl (C=O) groups excluding carboxylic acids is 1. The summed E-state index contributed by atoms with van der Waals surface area (Å²) < 4.78 is 11.5. The van der Waals surface area contributed by atoms with Crippen LogP contribution in [0.15, 0.2) is 79.0 Å². The van der Waals surface area contributed by atoms with Gasteiger partial charge in [-0.2, -0.15) is 0 Å². The van der Waals surface area contributed by atoms with E-state index in [0.29, 0.717) is 0 Å². The molecule has 1 aromatic heterocycles. The zero-order valence-corrected chi connectivity index (χ0v) is 24.9. The smallest absolute Gasteiger partial charge is 0.253 e. The second kappa shape index (κ2) is 14.5. The SMILES string of the molecule is CCN(CC)C(=O)c1ccccc1.COc1cc2c(cc1OC(C)C)CN(Cc1cnc(-c3ccccc3)[nH]1)CC2. The third-order valence-corrected chi connectivity index (χ3v) is 7.08. The summed E-state index contributed by atoms with van der Waals surface area (Å²) in [6, 6.07) is 23.9. The van der Waals surface area contributed by atoms with E-state index in [9.17, 15) is 4.79 Å². The maximum absolute atomic E-state index is 11.7. The Morgan fingerprint density at radius 2 is 1.63 bits per heavy atom. The largest absolute Gasteiger partial charge is 0.493 e. The molecule has 0 spiro atoms. The molecule has 0 atom stereocenters. The number of amides is 1. The van der Waals surface area contributed by atoms with Crippen LogP contribution in [0.4, 0.5) is 0 Å². The highest BCUT2D eigenvalue weighted by atomic mass is 16.5. The van der Waals surface area contributed by atoms with Gasteiger partial charge in [0, 0.05) is 55.7 Å². The van der Waals surface area contributed by atoms with Crippen molar-refractivity contribution in [3.8, 4) is 22.9 Å². The molecule has 4 aromatic rings. The third-order valence-electron chi connectivity index (χ3n) is 7.08. The molecule has 7 nitrogen and oxygen atoms in total. The first-order valence-corrected chi connectivity index (χ1v) is 14.4. The number of nitrogens with one attached hydrogen (secondary N) is 1. The van der Waals surface area contributed by atoms with Crippen LogP contribution >= 0.6 is 0 Å². The van der Waals surface area contributed by atoms with Crippen LogP contribution in [0.1, 0.15) is 54.9 Å². The van der Waals surface area contributed by atoms with Crippen LogP contribution in [0.5, 0.6) is 11.5 Å². The van der Waals surface area contributed by atoms with Crippen molar-refractivity contribution in [2.75, 3.05) is 26.7 Å². The number of carbonyl (C=O) groups is 1. The molecule has 1 aliphatic heterocycles. The van der Waals surface area contributed by atoms with E-state index in [-0.39, 0.29) is 12.0 Å². The molecule has 0 unspecified atom stereocenters. The molecule has 1 aliphatic rings. The molecule has 1 amide bonds. The van der Waals surface area contributed by atoms with Crippen LogP contribution < -0.4 is 9.47 Å². The fourth-order valence-corrected chi connectivity index (χ4v) is 4.96. The lowest BCUT2D eigenvalue weighted by molar-refractivity contribution is 0.0773. The molecule has 0 fully saturated rings. The molecule has 7 heteroatoms. The number of aromatic amines is 1. The number of imidazole rings is 1. The molecule has 1 N–H and O–H groups in total. The van der Waals surface area contributed by atoms with Gasteiger partial charge in [-0.05, 0) is 69.5 Å². The first-order chi connectivity index (χ1) is 19.9. The number of hydrogen-bond donors (Lipinski definition) is 1. The maximum atomic E-state index is 11.7. The monoisotopic (exact) mass is 554 g/mol. The van der Waals surface area contributed by atoms with Gasteiger partial charge in [0.1, 0.15) is 5.82 Å². The number of benzene rings is 3. The van der Waals surface area contributed by atoms with E-state index in [0.717, 1.165) is 73.3 Å². The number of methoxy groups -OCH3 is 1. The van der Waals surface area contributed by atoms with E-state index in [2.05, 4.69) is 39.1 Å². The first kappa shape index (κ1) is 29.9. The van der Waals surface area contributed by atoms with Crippen LogP contribution in [0, 0.1) is 0 Å². The summed E-state index contributed by atoms with van der Waals surface area (Å²) >= 11 is 0. The van der Waals surface area contributed by atoms with Gasteiger partial charge in [0.2, 0.25) is 0 Å². The summed E-state index contributed by atoms with van der Waals surface area (Å²) in [4.78, 5) is 24.0. The van der Waals surface area contributed by atoms with Crippen molar-refractivity contribution in [1.29, 1.82) is 0 Å². The zero-order valence-electron chi connectivity index (χ0n) is 24.9. The van der Waals surface area contributed by atoms with Crippen molar-refractivity contribution in [2.24, 2.45) is 0 Å². The van der Waals surface area contributed by atoms with Crippen molar-refractivity contribution >= 4 is 5.91 Å². The number of rotatable bonds is 9. The van der Waals surface area contributed by atoms with Gasteiger partial charge in [-0.3, -0.25) is 9.69 Å². The van der Waals surface area contributed by atoms with Crippen molar-refractivity contribution < 1.29 is 14.3 Å². The minimum Gasteiger partial charge on any atom is -0.493 e. The van der Waals surface area contributed by atoms with Gasteiger partial charge in [0.15, 0.2) is 11.5 Å². The molecule has 3 aromatic carbocycles. The number of ether oxygens (including phenoxy) is 2. The fourth-order valence-electron chi connectivity index (χ4n) is 4.96. The average Bonchev–Trinajstić information content (AvgIpc) is 3.47. The fraction of sp³-hybridized carbons (Fsp3) is 0.353. The molecular formula is C34H42N4O3. The third kappa shape index (κ3) is 7.98. The Labute approximate surface area is 244 Å². The highest BCUT2D eigenvalue weighted by Crippen LogP contribution is 2.34. The minimum absolute atomic E-state index is 0.116. The van der Waals surface area contributed by atoms with Crippen molar-refractivity contribution in [3.63, 3.8) is 0 Å². The number of H-pyrrole nitrogens is 1. The average molecular weight is 555 g/mol. The van der Waals surface area contributed by atoms with Crippen molar-refractivity contribution in [2.45, 2.75) is 53.3 Å². The van der Waals surface area contributed by atoms with Crippen LogP contribution in [-0.4, -0.2) is 58.5 Å². The molecule has 0 aliphatic carbocycles. The topological polar surface area (TPSA) is 70.7 Å². The summed E-state index contributed by atoms with van der Waals surface area (Å²) in [7, 11) is 1.70. The Morgan fingerprint density at radius 1 is 0.976 bits per heavy atom. The summed E-state index contributed by atoms with van der Waals surface area (Å²) in [6.07, 6.45) is 3.07. The predicted octanol–water partition coefficient (Wildman–Crippen LogP) is 6.60. The Hall–Kier alpha value is -4.10. The maximum Gasteiger partial charge on any atom is 0.253 e. The van der Waals surface area contributed by atoms with Gasteiger partial charge in [0.05, 0.1) is 13.2 Å². The summed E-state index contributed by atoms with van der Waals surface area (Å²) in [6.45, 7) is 12.4. The van der Waals surface area contributed by atoms with Crippen LogP contribution in [-0.2, 0) is 19.5 Å². The quantitative estimate of drug-likeness (QED) is 0.252. The lowest BCUT2D eigenvalue weighted by atomic mass is 9.98. The Balaban J connectivity index is 0.000000251. The number of aromatic nitrogens is 2. The normalized spacial score (nSPS) is 12.7. The number of fused-ring (bicyclic) bond motifs is 1. The second-order valence-electron chi connectivity index (χ2n) is 10.4. The van der Waals surface area contributed by atoms with E-state index in [1.165, 1.54) is 11.1 Å². The van der Waals surface area contributed by atoms with E-state index >= 15 is 0 Å². The van der Waals surface area contributed by atoms with Gasteiger partial charge in [-0.1, -0.05) is 48.5 Å². The predicted molar refractivity (Wildman–Crippen MR) is 164 cm³/mol. The molecule has 0 bridgehead atoms. The van der Waals surface area contributed by atoms with E-state index in [1.54, 1.807) is 7.11 Å². The second-order valence-corrected chi connectivity index (χ2v) is 10.4.